The fourth-order valence-electron chi connectivity index (χ4n) is 2.94. The summed E-state index contributed by atoms with van der Waals surface area (Å²) in [6.07, 6.45) is 2.42. The van der Waals surface area contributed by atoms with Crippen molar-refractivity contribution in [2.75, 3.05) is 19.6 Å². The van der Waals surface area contributed by atoms with Gasteiger partial charge in [-0.25, -0.2) is 4.39 Å². The molecule has 21 heavy (non-hydrogen) atoms. The number of hydrogen-bond donors (Lipinski definition) is 1. The van der Waals surface area contributed by atoms with Crippen LogP contribution in [0.25, 0.3) is 0 Å². The van der Waals surface area contributed by atoms with Crippen molar-refractivity contribution in [3.8, 4) is 0 Å². The van der Waals surface area contributed by atoms with Gasteiger partial charge in [-0.05, 0) is 43.0 Å². The lowest BCUT2D eigenvalue weighted by Gasteiger charge is -2.37. The second-order valence-corrected chi connectivity index (χ2v) is 5.97. The molecule has 1 aliphatic rings. The summed E-state index contributed by atoms with van der Waals surface area (Å²) < 4.78 is 13.2. The maximum absolute atomic E-state index is 13.2. The Morgan fingerprint density at radius 1 is 1.48 bits per heavy atom. The second kappa shape index (κ2) is 7.55. The molecule has 2 atom stereocenters. The van der Waals surface area contributed by atoms with Crippen molar-refractivity contribution in [1.29, 1.82) is 0 Å². The van der Waals surface area contributed by atoms with Gasteiger partial charge >= 0.3 is 0 Å². The van der Waals surface area contributed by atoms with E-state index in [0.29, 0.717) is 12.0 Å². The van der Waals surface area contributed by atoms with Crippen molar-refractivity contribution in [1.82, 2.24) is 10.2 Å². The van der Waals surface area contributed by atoms with Gasteiger partial charge in [-0.1, -0.05) is 26.0 Å². The second-order valence-electron chi connectivity index (χ2n) is 5.97. The first-order chi connectivity index (χ1) is 10.1. The van der Waals surface area contributed by atoms with Crippen LogP contribution >= 0.6 is 0 Å². The molecule has 1 aromatic rings. The van der Waals surface area contributed by atoms with Crippen molar-refractivity contribution in [2.45, 2.75) is 39.2 Å². The first kappa shape index (κ1) is 16.0. The number of halogens is 1. The quantitative estimate of drug-likeness (QED) is 0.905. The first-order valence-corrected chi connectivity index (χ1v) is 7.85. The molecule has 1 N–H and O–H groups in total. The maximum atomic E-state index is 13.2. The zero-order valence-electron chi connectivity index (χ0n) is 12.9. The summed E-state index contributed by atoms with van der Waals surface area (Å²) in [6, 6.07) is 6.81. The molecule has 1 aliphatic heterocycles. The minimum Gasteiger partial charge on any atom is -0.342 e. The molecule has 1 saturated heterocycles. The molecule has 1 aromatic carbocycles. The lowest BCUT2D eigenvalue weighted by molar-refractivity contribution is -0.132. The van der Waals surface area contributed by atoms with Gasteiger partial charge < -0.3 is 10.2 Å². The lowest BCUT2D eigenvalue weighted by Crippen LogP contribution is -2.50. The molecule has 1 amide bonds. The third kappa shape index (κ3) is 4.53. The standard InChI is InChI=1S/C17H25FN2O/c1-3-8-19-16-7-9-20(12-13(16)2)17(21)11-14-5-4-6-15(18)10-14/h4-6,10,13,16,19H,3,7-9,11-12H2,1-2H3. The van der Waals surface area contributed by atoms with E-state index in [1.54, 1.807) is 12.1 Å². The molecule has 2 unspecified atom stereocenters. The molecule has 3 nitrogen and oxygen atoms in total. The average Bonchev–Trinajstić information content (AvgIpc) is 2.46. The van der Waals surface area contributed by atoms with E-state index in [1.165, 1.54) is 12.1 Å². The highest BCUT2D eigenvalue weighted by Gasteiger charge is 2.27. The third-order valence-corrected chi connectivity index (χ3v) is 4.16. The Morgan fingerprint density at radius 3 is 2.95 bits per heavy atom. The Kier molecular flexibility index (Phi) is 5.74. The molecule has 0 bridgehead atoms. The summed E-state index contributed by atoms with van der Waals surface area (Å²) in [6.45, 7) is 6.96. The van der Waals surface area contributed by atoms with E-state index < -0.39 is 0 Å². The van der Waals surface area contributed by atoms with Crippen LogP contribution in [0.15, 0.2) is 24.3 Å². The normalized spacial score (nSPS) is 22.3. The highest BCUT2D eigenvalue weighted by atomic mass is 19.1. The number of carbonyl (C=O) groups excluding carboxylic acids is 1. The van der Waals surface area contributed by atoms with Crippen LogP contribution in [0, 0.1) is 11.7 Å². The van der Waals surface area contributed by atoms with Crippen molar-refractivity contribution < 1.29 is 9.18 Å². The van der Waals surface area contributed by atoms with Crippen molar-refractivity contribution in [2.24, 2.45) is 5.92 Å². The molecular weight excluding hydrogens is 267 g/mol. The molecule has 1 fully saturated rings. The number of likely N-dealkylation sites (tertiary alicyclic amines) is 1. The van der Waals surface area contributed by atoms with Crippen molar-refractivity contribution in [3.05, 3.63) is 35.6 Å². The predicted octanol–water partition coefficient (Wildman–Crippen LogP) is 2.60. The van der Waals surface area contributed by atoms with E-state index in [4.69, 9.17) is 0 Å². The van der Waals surface area contributed by atoms with Gasteiger partial charge in [0.1, 0.15) is 5.82 Å². The number of nitrogens with zero attached hydrogens (tertiary/aromatic N) is 1. The molecule has 2 rings (SSSR count). The first-order valence-electron chi connectivity index (χ1n) is 7.85. The monoisotopic (exact) mass is 292 g/mol. The number of rotatable bonds is 5. The number of piperidine rings is 1. The summed E-state index contributed by atoms with van der Waals surface area (Å²) >= 11 is 0. The fraction of sp³-hybridized carbons (Fsp3) is 0.588. The van der Waals surface area contributed by atoms with Gasteiger partial charge in [0, 0.05) is 19.1 Å². The lowest BCUT2D eigenvalue weighted by atomic mass is 9.93. The van der Waals surface area contributed by atoms with Gasteiger partial charge in [-0.3, -0.25) is 4.79 Å². The minimum absolute atomic E-state index is 0.0985. The summed E-state index contributed by atoms with van der Waals surface area (Å²) in [4.78, 5) is 14.2. The van der Waals surface area contributed by atoms with Crippen molar-refractivity contribution in [3.63, 3.8) is 0 Å². The smallest absolute Gasteiger partial charge is 0.227 e. The average molecular weight is 292 g/mol. The van der Waals surface area contributed by atoms with Crippen LogP contribution in [-0.2, 0) is 11.2 Å². The van der Waals surface area contributed by atoms with Crippen LogP contribution in [0.3, 0.4) is 0 Å². The number of amides is 1. The van der Waals surface area contributed by atoms with E-state index in [-0.39, 0.29) is 18.1 Å². The van der Waals surface area contributed by atoms with Gasteiger partial charge in [0.25, 0.3) is 0 Å². The van der Waals surface area contributed by atoms with Crippen LogP contribution in [0.2, 0.25) is 0 Å². The van der Waals surface area contributed by atoms with Crippen LogP contribution in [0.5, 0.6) is 0 Å². The number of nitrogens with one attached hydrogen (secondary N) is 1. The van der Waals surface area contributed by atoms with Crippen LogP contribution in [-0.4, -0.2) is 36.5 Å². The molecule has 116 valence electrons. The number of benzene rings is 1. The summed E-state index contributed by atoms with van der Waals surface area (Å²) in [5, 5.41) is 3.55. The zero-order valence-corrected chi connectivity index (χ0v) is 12.9. The van der Waals surface area contributed by atoms with Gasteiger partial charge in [-0.2, -0.15) is 0 Å². The molecule has 0 radical (unpaired) electrons. The van der Waals surface area contributed by atoms with Gasteiger partial charge in [-0.15, -0.1) is 0 Å². The molecule has 0 saturated carbocycles. The van der Waals surface area contributed by atoms with Crippen LogP contribution in [0.4, 0.5) is 4.39 Å². The SMILES string of the molecule is CCCNC1CCN(C(=O)Cc2cccc(F)c2)CC1C. The molecule has 4 heteroatoms. The van der Waals surface area contributed by atoms with E-state index in [0.717, 1.165) is 38.0 Å². The van der Waals surface area contributed by atoms with E-state index in [2.05, 4.69) is 19.2 Å². The van der Waals surface area contributed by atoms with E-state index >= 15 is 0 Å². The largest absolute Gasteiger partial charge is 0.342 e. The Hall–Kier alpha value is -1.42. The topological polar surface area (TPSA) is 32.3 Å². The van der Waals surface area contributed by atoms with Gasteiger partial charge in [0.15, 0.2) is 0 Å². The fourth-order valence-corrected chi connectivity index (χ4v) is 2.94. The van der Waals surface area contributed by atoms with Crippen molar-refractivity contribution >= 4 is 5.91 Å². The van der Waals surface area contributed by atoms with E-state index in [9.17, 15) is 9.18 Å². The molecule has 1 heterocycles. The zero-order chi connectivity index (χ0) is 15.2. The highest BCUT2D eigenvalue weighted by molar-refractivity contribution is 5.78. The Balaban J connectivity index is 1.87. The highest BCUT2D eigenvalue weighted by Crippen LogP contribution is 2.18. The number of hydrogen-bond acceptors (Lipinski definition) is 2. The van der Waals surface area contributed by atoms with E-state index in [1.807, 2.05) is 4.90 Å². The van der Waals surface area contributed by atoms with Gasteiger partial charge in [0.2, 0.25) is 5.91 Å². The summed E-state index contributed by atoms with van der Waals surface area (Å²) in [7, 11) is 0. The van der Waals surface area contributed by atoms with Crippen LogP contribution in [0.1, 0.15) is 32.3 Å². The number of carbonyl (C=O) groups is 1. The third-order valence-electron chi connectivity index (χ3n) is 4.16. The summed E-state index contributed by atoms with van der Waals surface area (Å²) in [5.41, 5.74) is 0.749. The molecule has 0 aromatic heterocycles. The predicted molar refractivity (Wildman–Crippen MR) is 82.5 cm³/mol. The molecule has 0 spiro atoms. The Labute approximate surface area is 126 Å². The maximum Gasteiger partial charge on any atom is 0.227 e. The van der Waals surface area contributed by atoms with Gasteiger partial charge in [0.05, 0.1) is 6.42 Å². The Morgan fingerprint density at radius 2 is 2.29 bits per heavy atom. The van der Waals surface area contributed by atoms with Crippen LogP contribution < -0.4 is 5.32 Å². The molecular formula is C17H25FN2O. The molecule has 0 aliphatic carbocycles. The summed E-state index contributed by atoms with van der Waals surface area (Å²) in [5.74, 6) is 0.277. The Bertz CT molecular complexity index is 478. The minimum atomic E-state index is -0.281.